The summed E-state index contributed by atoms with van der Waals surface area (Å²) in [6.07, 6.45) is 5.70. The van der Waals surface area contributed by atoms with Gasteiger partial charge in [0.25, 0.3) is 5.91 Å². The van der Waals surface area contributed by atoms with Crippen molar-refractivity contribution in [3.63, 3.8) is 0 Å². The van der Waals surface area contributed by atoms with Gasteiger partial charge in [0.05, 0.1) is 0 Å². The zero-order valence-corrected chi connectivity index (χ0v) is 13.5. The fourth-order valence-electron chi connectivity index (χ4n) is 3.87. The molecule has 0 radical (unpaired) electrons. The molecule has 7 heteroatoms. The highest BCUT2D eigenvalue weighted by Crippen LogP contribution is 2.34. The quantitative estimate of drug-likeness (QED) is 0.616. The van der Waals surface area contributed by atoms with E-state index in [4.69, 9.17) is 0 Å². The van der Waals surface area contributed by atoms with Gasteiger partial charge in [-0.2, -0.15) is 0 Å². The maximum atomic E-state index is 12.4. The van der Waals surface area contributed by atoms with Gasteiger partial charge in [0, 0.05) is 19.5 Å². The minimum atomic E-state index is -0.678. The third-order valence-corrected chi connectivity index (χ3v) is 5.30. The van der Waals surface area contributed by atoms with Gasteiger partial charge < -0.3 is 16.0 Å². The minimum absolute atomic E-state index is 0.0936. The summed E-state index contributed by atoms with van der Waals surface area (Å²) in [6, 6.07) is -0.346. The summed E-state index contributed by atoms with van der Waals surface area (Å²) in [6.45, 7) is 2.92. The van der Waals surface area contributed by atoms with Crippen molar-refractivity contribution < 1.29 is 14.4 Å². The molecule has 2 saturated heterocycles. The predicted octanol–water partition coefficient (Wildman–Crippen LogP) is 0.357. The summed E-state index contributed by atoms with van der Waals surface area (Å²) < 4.78 is 0. The summed E-state index contributed by atoms with van der Waals surface area (Å²) in [5.41, 5.74) is -0.678. The van der Waals surface area contributed by atoms with Gasteiger partial charge in [0.15, 0.2) is 0 Å². The molecule has 4 amide bonds. The van der Waals surface area contributed by atoms with E-state index >= 15 is 0 Å². The number of amides is 4. The Hall–Kier alpha value is -1.63. The molecule has 23 heavy (non-hydrogen) atoms. The van der Waals surface area contributed by atoms with Gasteiger partial charge in [-0.3, -0.25) is 14.5 Å². The molecule has 0 aromatic carbocycles. The van der Waals surface area contributed by atoms with Crippen molar-refractivity contribution in [1.82, 2.24) is 20.9 Å². The minimum Gasteiger partial charge on any atom is -0.356 e. The van der Waals surface area contributed by atoms with Gasteiger partial charge in [0.2, 0.25) is 5.91 Å². The zero-order valence-electron chi connectivity index (χ0n) is 13.5. The van der Waals surface area contributed by atoms with Crippen molar-refractivity contribution in [2.45, 2.75) is 50.5 Å². The van der Waals surface area contributed by atoms with Crippen molar-refractivity contribution in [3.8, 4) is 0 Å². The molecule has 3 aliphatic rings. The van der Waals surface area contributed by atoms with Crippen LogP contribution < -0.4 is 16.0 Å². The molecule has 3 fully saturated rings. The van der Waals surface area contributed by atoms with Crippen LogP contribution in [0.3, 0.4) is 0 Å². The Morgan fingerprint density at radius 2 is 2.09 bits per heavy atom. The molecule has 0 bridgehead atoms. The first kappa shape index (κ1) is 16.2. The number of nitrogens with zero attached hydrogens (tertiary/aromatic N) is 1. The Bertz CT molecular complexity index is 482. The van der Waals surface area contributed by atoms with E-state index in [1.54, 1.807) is 0 Å². The van der Waals surface area contributed by atoms with Gasteiger partial charge >= 0.3 is 6.03 Å². The summed E-state index contributed by atoms with van der Waals surface area (Å²) in [7, 11) is 0. The summed E-state index contributed by atoms with van der Waals surface area (Å²) >= 11 is 0. The SMILES string of the molecule is O=C(CCN1C(=O)NC2(CCCC2)C1=O)NCCC1CCNC1. The smallest absolute Gasteiger partial charge is 0.325 e. The zero-order chi connectivity index (χ0) is 16.3. The van der Waals surface area contributed by atoms with E-state index in [1.165, 1.54) is 11.3 Å². The maximum Gasteiger partial charge on any atom is 0.325 e. The summed E-state index contributed by atoms with van der Waals surface area (Å²) in [5.74, 6) is 0.400. The molecule has 2 heterocycles. The third kappa shape index (κ3) is 3.49. The predicted molar refractivity (Wildman–Crippen MR) is 84.7 cm³/mol. The molecule has 2 aliphatic heterocycles. The molecule has 7 nitrogen and oxygen atoms in total. The van der Waals surface area contributed by atoms with Gasteiger partial charge in [-0.05, 0) is 44.7 Å². The van der Waals surface area contributed by atoms with Crippen LogP contribution in [0.1, 0.15) is 44.9 Å². The van der Waals surface area contributed by atoms with Crippen molar-refractivity contribution in [1.29, 1.82) is 0 Å². The van der Waals surface area contributed by atoms with Gasteiger partial charge in [-0.25, -0.2) is 4.79 Å². The molecule has 3 rings (SSSR count). The molecule has 1 spiro atoms. The van der Waals surface area contributed by atoms with Gasteiger partial charge in [-0.1, -0.05) is 12.8 Å². The van der Waals surface area contributed by atoms with Crippen LogP contribution in [0.4, 0.5) is 4.79 Å². The second-order valence-corrected chi connectivity index (χ2v) is 6.92. The van der Waals surface area contributed by atoms with Gasteiger partial charge in [-0.15, -0.1) is 0 Å². The Morgan fingerprint density at radius 3 is 2.78 bits per heavy atom. The highest BCUT2D eigenvalue weighted by molar-refractivity contribution is 6.07. The summed E-state index contributed by atoms with van der Waals surface area (Å²) in [5, 5.41) is 9.02. The van der Waals surface area contributed by atoms with Crippen LogP contribution in [0.15, 0.2) is 0 Å². The van der Waals surface area contributed by atoms with Crippen LogP contribution in [0.25, 0.3) is 0 Å². The number of hydrogen-bond acceptors (Lipinski definition) is 4. The average molecular weight is 322 g/mol. The second kappa shape index (κ2) is 6.86. The first-order chi connectivity index (χ1) is 11.1. The molecule has 1 unspecified atom stereocenters. The fourth-order valence-corrected chi connectivity index (χ4v) is 3.87. The fraction of sp³-hybridized carbons (Fsp3) is 0.812. The number of urea groups is 1. The number of imide groups is 1. The number of rotatable bonds is 6. The van der Waals surface area contributed by atoms with Crippen molar-refractivity contribution >= 4 is 17.8 Å². The number of hydrogen-bond donors (Lipinski definition) is 3. The topological polar surface area (TPSA) is 90.5 Å². The first-order valence-corrected chi connectivity index (χ1v) is 8.72. The molecular weight excluding hydrogens is 296 g/mol. The molecule has 3 N–H and O–H groups in total. The van der Waals surface area contributed by atoms with Gasteiger partial charge in [0.1, 0.15) is 5.54 Å². The van der Waals surface area contributed by atoms with Crippen molar-refractivity contribution in [3.05, 3.63) is 0 Å². The largest absolute Gasteiger partial charge is 0.356 e. The van der Waals surface area contributed by atoms with E-state index < -0.39 is 5.54 Å². The highest BCUT2D eigenvalue weighted by Gasteiger charge is 2.52. The number of carbonyl (C=O) groups excluding carboxylic acids is 3. The molecule has 128 valence electrons. The van der Waals surface area contributed by atoms with Crippen LogP contribution >= 0.6 is 0 Å². The van der Waals surface area contributed by atoms with E-state index in [2.05, 4.69) is 16.0 Å². The van der Waals surface area contributed by atoms with Crippen LogP contribution in [-0.2, 0) is 9.59 Å². The normalized spacial score (nSPS) is 26.1. The molecule has 1 saturated carbocycles. The summed E-state index contributed by atoms with van der Waals surface area (Å²) in [4.78, 5) is 37.6. The Labute approximate surface area is 136 Å². The molecule has 1 atom stereocenters. The van der Waals surface area contributed by atoms with Crippen LogP contribution in [-0.4, -0.2) is 54.5 Å². The van der Waals surface area contributed by atoms with Crippen molar-refractivity contribution in [2.75, 3.05) is 26.2 Å². The Kier molecular flexibility index (Phi) is 4.84. The molecule has 1 aliphatic carbocycles. The van der Waals surface area contributed by atoms with Crippen LogP contribution in [0.5, 0.6) is 0 Å². The van der Waals surface area contributed by atoms with E-state index in [-0.39, 0.29) is 30.8 Å². The molecule has 0 aromatic rings. The van der Waals surface area contributed by atoms with E-state index in [0.29, 0.717) is 12.5 Å². The third-order valence-electron chi connectivity index (χ3n) is 5.30. The lowest BCUT2D eigenvalue weighted by Gasteiger charge is -2.19. The molecular formula is C16H26N4O3. The Morgan fingerprint density at radius 1 is 1.30 bits per heavy atom. The lowest BCUT2D eigenvalue weighted by molar-refractivity contribution is -0.131. The number of carbonyl (C=O) groups is 3. The lowest BCUT2D eigenvalue weighted by atomic mass is 9.98. The van der Waals surface area contributed by atoms with E-state index in [9.17, 15) is 14.4 Å². The van der Waals surface area contributed by atoms with E-state index in [0.717, 1.165) is 45.2 Å². The lowest BCUT2D eigenvalue weighted by Crippen LogP contribution is -2.44. The monoisotopic (exact) mass is 322 g/mol. The van der Waals surface area contributed by atoms with E-state index in [1.807, 2.05) is 0 Å². The van der Waals surface area contributed by atoms with Crippen LogP contribution in [0.2, 0.25) is 0 Å². The standard InChI is InChI=1S/C16H26N4O3/c21-13(18-9-4-12-3-8-17-11-12)5-10-20-14(22)16(19-15(20)23)6-1-2-7-16/h12,17H,1-11H2,(H,18,21)(H,19,23). The van der Waals surface area contributed by atoms with Crippen LogP contribution in [0, 0.1) is 5.92 Å². The highest BCUT2D eigenvalue weighted by atomic mass is 16.2. The average Bonchev–Trinajstić information content (AvgIpc) is 3.23. The Balaban J connectivity index is 1.40. The van der Waals surface area contributed by atoms with Crippen molar-refractivity contribution in [2.24, 2.45) is 5.92 Å². The second-order valence-electron chi connectivity index (χ2n) is 6.92. The molecule has 0 aromatic heterocycles. The maximum absolute atomic E-state index is 12.4. The number of nitrogens with one attached hydrogen (secondary N) is 3. The first-order valence-electron chi connectivity index (χ1n) is 8.72.